The molecular formula is C16H20N4O2. The summed E-state index contributed by atoms with van der Waals surface area (Å²) in [4.78, 5) is 15.6. The number of benzene rings is 1. The first-order valence-corrected chi connectivity index (χ1v) is 7.41. The molecular weight excluding hydrogens is 280 g/mol. The molecule has 0 bridgehead atoms. The second kappa shape index (κ2) is 5.71. The molecule has 0 aliphatic heterocycles. The molecule has 0 atom stereocenters. The Morgan fingerprint density at radius 1 is 1.50 bits per heavy atom. The van der Waals surface area contributed by atoms with Gasteiger partial charge < -0.3 is 20.7 Å². The fourth-order valence-electron chi connectivity index (χ4n) is 2.74. The number of nitrogens with two attached hydrogens (primary N) is 1. The van der Waals surface area contributed by atoms with Crippen LogP contribution in [0.4, 0.5) is 11.4 Å². The number of nitrogens with zero attached hydrogens (tertiary/aromatic N) is 2. The zero-order chi connectivity index (χ0) is 15.7. The molecule has 0 unspecified atom stereocenters. The number of carboxylic acid groups (broad SMARTS) is 1. The summed E-state index contributed by atoms with van der Waals surface area (Å²) in [7, 11) is 1.71. The fourth-order valence-corrected chi connectivity index (χ4v) is 2.74. The average molecular weight is 300 g/mol. The molecule has 1 heterocycles. The van der Waals surface area contributed by atoms with E-state index in [4.69, 9.17) is 5.73 Å². The highest BCUT2D eigenvalue weighted by molar-refractivity contribution is 5.96. The Morgan fingerprint density at radius 3 is 2.91 bits per heavy atom. The Kier molecular flexibility index (Phi) is 3.75. The first kappa shape index (κ1) is 14.4. The number of anilines is 2. The molecule has 1 aromatic heterocycles. The van der Waals surface area contributed by atoms with Crippen LogP contribution in [-0.2, 0) is 13.0 Å². The fraction of sp³-hybridized carbons (Fsp3) is 0.375. The van der Waals surface area contributed by atoms with Gasteiger partial charge in [0.05, 0.1) is 17.6 Å². The van der Waals surface area contributed by atoms with Crippen molar-refractivity contribution in [3.05, 3.63) is 41.5 Å². The van der Waals surface area contributed by atoms with E-state index in [-0.39, 0.29) is 5.56 Å². The molecule has 0 amide bonds. The molecule has 1 aliphatic rings. The summed E-state index contributed by atoms with van der Waals surface area (Å²) in [6.07, 6.45) is 6.78. The second-order valence-corrected chi connectivity index (χ2v) is 5.77. The molecule has 3 rings (SSSR count). The molecule has 2 aromatic rings. The number of hydrogen-bond acceptors (Lipinski definition) is 4. The van der Waals surface area contributed by atoms with Gasteiger partial charge in [-0.15, -0.1) is 0 Å². The largest absolute Gasteiger partial charge is 0.478 e. The summed E-state index contributed by atoms with van der Waals surface area (Å²) in [6.45, 7) is 0.975. The number of aromatic nitrogens is 2. The van der Waals surface area contributed by atoms with Gasteiger partial charge in [0, 0.05) is 43.2 Å². The number of nitrogens with one attached hydrogen (secondary N) is 1. The van der Waals surface area contributed by atoms with Gasteiger partial charge in [-0.2, -0.15) is 0 Å². The van der Waals surface area contributed by atoms with Gasteiger partial charge in [-0.25, -0.2) is 9.78 Å². The van der Waals surface area contributed by atoms with Gasteiger partial charge in [-0.1, -0.05) is 0 Å². The van der Waals surface area contributed by atoms with E-state index in [1.54, 1.807) is 13.1 Å². The van der Waals surface area contributed by atoms with E-state index in [0.29, 0.717) is 17.8 Å². The van der Waals surface area contributed by atoms with Crippen LogP contribution in [-0.4, -0.2) is 27.7 Å². The molecule has 1 fully saturated rings. The molecule has 22 heavy (non-hydrogen) atoms. The normalized spacial score (nSPS) is 14.0. The number of hydrogen-bond donors (Lipinski definition) is 3. The van der Waals surface area contributed by atoms with Gasteiger partial charge in [0.1, 0.15) is 0 Å². The van der Waals surface area contributed by atoms with E-state index in [9.17, 15) is 9.90 Å². The van der Waals surface area contributed by atoms with Crippen LogP contribution in [0.2, 0.25) is 0 Å². The number of aromatic carboxylic acids is 1. The lowest BCUT2D eigenvalue weighted by Crippen LogP contribution is -2.11. The van der Waals surface area contributed by atoms with E-state index in [1.165, 1.54) is 18.9 Å². The highest BCUT2D eigenvalue weighted by Crippen LogP contribution is 2.32. The first-order chi connectivity index (χ1) is 10.6. The third-order valence-electron chi connectivity index (χ3n) is 4.14. The maximum absolute atomic E-state index is 11.4. The molecule has 1 saturated carbocycles. The maximum atomic E-state index is 11.4. The minimum Gasteiger partial charge on any atom is -0.478 e. The Morgan fingerprint density at radius 2 is 2.27 bits per heavy atom. The van der Waals surface area contributed by atoms with Crippen LogP contribution in [0.15, 0.2) is 24.7 Å². The van der Waals surface area contributed by atoms with Crippen LogP contribution in [0.3, 0.4) is 0 Å². The summed E-state index contributed by atoms with van der Waals surface area (Å²) in [6, 6.07) is 3.19. The van der Waals surface area contributed by atoms with Crippen LogP contribution in [0.1, 0.15) is 34.5 Å². The molecule has 0 radical (unpaired) electrons. The third-order valence-corrected chi connectivity index (χ3v) is 4.14. The molecule has 6 nitrogen and oxygen atoms in total. The van der Waals surface area contributed by atoms with Crippen LogP contribution >= 0.6 is 0 Å². The van der Waals surface area contributed by atoms with E-state index in [2.05, 4.69) is 14.9 Å². The molecule has 1 aliphatic carbocycles. The topological polar surface area (TPSA) is 93.2 Å². The van der Waals surface area contributed by atoms with Crippen LogP contribution in [0.25, 0.3) is 0 Å². The highest BCUT2D eigenvalue weighted by atomic mass is 16.4. The van der Waals surface area contributed by atoms with Crippen molar-refractivity contribution in [3.63, 3.8) is 0 Å². The Bertz CT molecular complexity index is 704. The SMILES string of the molecule is CNc1c(C(=O)O)ccc(N)c1Cc1cncn1CC1CC1. The van der Waals surface area contributed by atoms with Crippen LogP contribution < -0.4 is 11.1 Å². The zero-order valence-corrected chi connectivity index (χ0v) is 12.5. The van der Waals surface area contributed by atoms with Crippen molar-refractivity contribution in [1.29, 1.82) is 0 Å². The smallest absolute Gasteiger partial charge is 0.337 e. The van der Waals surface area contributed by atoms with E-state index in [1.807, 2.05) is 12.5 Å². The number of nitrogen functional groups attached to an aromatic ring is 1. The summed E-state index contributed by atoms with van der Waals surface area (Å²) in [5.41, 5.74) is 9.35. The van der Waals surface area contributed by atoms with Gasteiger partial charge in [0.15, 0.2) is 0 Å². The number of rotatable bonds is 6. The number of carbonyl (C=O) groups is 1. The predicted octanol–water partition coefficient (Wildman–Crippen LogP) is 2.21. The molecule has 116 valence electrons. The molecule has 0 saturated heterocycles. The molecule has 4 N–H and O–H groups in total. The average Bonchev–Trinajstić information content (AvgIpc) is 3.20. The second-order valence-electron chi connectivity index (χ2n) is 5.77. The lowest BCUT2D eigenvalue weighted by Gasteiger charge is -2.16. The molecule has 6 heteroatoms. The third kappa shape index (κ3) is 2.77. The van der Waals surface area contributed by atoms with Gasteiger partial charge in [-0.05, 0) is 30.9 Å². The zero-order valence-electron chi connectivity index (χ0n) is 12.5. The maximum Gasteiger partial charge on any atom is 0.337 e. The quantitative estimate of drug-likeness (QED) is 0.711. The van der Waals surface area contributed by atoms with Gasteiger partial charge in [0.2, 0.25) is 0 Å². The van der Waals surface area contributed by atoms with E-state index in [0.717, 1.165) is 23.7 Å². The van der Waals surface area contributed by atoms with Crippen LogP contribution in [0.5, 0.6) is 0 Å². The van der Waals surface area contributed by atoms with Crippen molar-refractivity contribution in [3.8, 4) is 0 Å². The standard InChI is InChI=1S/C16H20N4O2/c1-18-15-12(16(21)22)4-5-14(17)13(15)6-11-7-19-9-20(11)8-10-2-3-10/h4-5,7,9-10,18H,2-3,6,8,17H2,1H3,(H,21,22). The molecule has 1 aromatic carbocycles. The number of imidazole rings is 1. The van der Waals surface area contributed by atoms with Crippen molar-refractivity contribution in [1.82, 2.24) is 9.55 Å². The van der Waals surface area contributed by atoms with E-state index < -0.39 is 5.97 Å². The van der Waals surface area contributed by atoms with Gasteiger partial charge in [-0.3, -0.25) is 0 Å². The number of carboxylic acids is 1. The Hall–Kier alpha value is -2.50. The van der Waals surface area contributed by atoms with Crippen molar-refractivity contribution in [2.24, 2.45) is 5.92 Å². The minimum atomic E-state index is -0.961. The molecule has 0 spiro atoms. The lowest BCUT2D eigenvalue weighted by atomic mass is 10.0. The summed E-state index contributed by atoms with van der Waals surface area (Å²) in [5.74, 6) is -0.212. The highest BCUT2D eigenvalue weighted by Gasteiger charge is 2.23. The predicted molar refractivity (Wildman–Crippen MR) is 85.1 cm³/mol. The van der Waals surface area contributed by atoms with Gasteiger partial charge >= 0.3 is 5.97 Å². The van der Waals surface area contributed by atoms with Crippen LogP contribution in [0, 0.1) is 5.92 Å². The van der Waals surface area contributed by atoms with E-state index >= 15 is 0 Å². The van der Waals surface area contributed by atoms with Crippen molar-refractivity contribution in [2.45, 2.75) is 25.8 Å². The van der Waals surface area contributed by atoms with Crippen molar-refractivity contribution in [2.75, 3.05) is 18.1 Å². The summed E-state index contributed by atoms with van der Waals surface area (Å²) < 4.78 is 2.14. The Balaban J connectivity index is 1.96. The first-order valence-electron chi connectivity index (χ1n) is 7.41. The van der Waals surface area contributed by atoms with Gasteiger partial charge in [0.25, 0.3) is 0 Å². The van der Waals surface area contributed by atoms with Crippen molar-refractivity contribution < 1.29 is 9.90 Å². The summed E-state index contributed by atoms with van der Waals surface area (Å²) >= 11 is 0. The Labute approximate surface area is 129 Å². The summed E-state index contributed by atoms with van der Waals surface area (Å²) in [5, 5.41) is 12.3. The monoisotopic (exact) mass is 300 g/mol. The van der Waals surface area contributed by atoms with Crippen molar-refractivity contribution >= 4 is 17.3 Å². The minimum absolute atomic E-state index is 0.236. The lowest BCUT2D eigenvalue weighted by molar-refractivity contribution is 0.0698.